The molecule has 258 valence electrons. The Morgan fingerprint density at radius 3 is 0.720 bits per heavy atom. The van der Waals surface area contributed by atoms with Crippen LogP contribution in [0.2, 0.25) is 0 Å². The van der Waals surface area contributed by atoms with E-state index in [1.165, 1.54) is 0 Å². The van der Waals surface area contributed by atoms with Crippen LogP contribution in [0.15, 0.2) is 84.9 Å². The Labute approximate surface area is 297 Å². The van der Waals surface area contributed by atoms with Crippen molar-refractivity contribution in [2.45, 2.75) is 116 Å². The van der Waals surface area contributed by atoms with Crippen molar-refractivity contribution in [3.05, 3.63) is 141 Å². The molecule has 0 saturated carbocycles. The first kappa shape index (κ1) is 35.4. The van der Waals surface area contributed by atoms with Gasteiger partial charge in [0.25, 0.3) is 0 Å². The first-order valence-electron chi connectivity index (χ1n) is 17.7. The average molecular weight is 667 g/mol. The van der Waals surface area contributed by atoms with Gasteiger partial charge in [0.1, 0.15) is 10.8 Å². The summed E-state index contributed by atoms with van der Waals surface area (Å²) in [5.41, 5.74) is -0.563. The quantitative estimate of drug-likeness (QED) is 0.204. The lowest BCUT2D eigenvalue weighted by Crippen LogP contribution is -2.62. The third kappa shape index (κ3) is 4.93. The number of carbonyl (C=O) groups is 4. The van der Waals surface area contributed by atoms with E-state index < -0.39 is 34.0 Å². The molecule has 0 aromatic heterocycles. The summed E-state index contributed by atoms with van der Waals surface area (Å²) in [6, 6.07) is 25.5. The van der Waals surface area contributed by atoms with E-state index in [9.17, 15) is 0 Å². The van der Waals surface area contributed by atoms with Crippen LogP contribution in [0.4, 0.5) is 0 Å². The van der Waals surface area contributed by atoms with Crippen LogP contribution in [-0.2, 0) is 32.5 Å². The number of Topliss-reactive ketones (excluding diaryl/α,β-unsaturated/α-hetero) is 4. The van der Waals surface area contributed by atoms with E-state index in [2.05, 4.69) is 95.2 Å². The molecule has 0 amide bonds. The van der Waals surface area contributed by atoms with Crippen molar-refractivity contribution in [2.75, 3.05) is 0 Å². The number of benzene rings is 4. The fraction of sp³-hybridized carbons (Fsp3) is 0.391. The van der Waals surface area contributed by atoms with Gasteiger partial charge >= 0.3 is 0 Å². The van der Waals surface area contributed by atoms with Crippen LogP contribution in [0, 0.1) is 0 Å². The van der Waals surface area contributed by atoms with Crippen molar-refractivity contribution in [1.82, 2.24) is 0 Å². The average Bonchev–Trinajstić information content (AvgIpc) is 3.39. The van der Waals surface area contributed by atoms with Gasteiger partial charge in [-0.15, -0.1) is 0 Å². The molecule has 4 aromatic rings. The summed E-state index contributed by atoms with van der Waals surface area (Å²) in [6.45, 7) is 25.1. The highest BCUT2D eigenvalue weighted by Crippen LogP contribution is 2.59. The zero-order valence-electron chi connectivity index (χ0n) is 31.7. The van der Waals surface area contributed by atoms with E-state index >= 15 is 19.2 Å². The molecule has 0 N–H and O–H groups in total. The monoisotopic (exact) mass is 666 g/mol. The molecule has 0 atom stereocenters. The molecule has 0 unspecified atom stereocenters. The van der Waals surface area contributed by atoms with Crippen molar-refractivity contribution in [1.29, 1.82) is 0 Å². The van der Waals surface area contributed by atoms with Gasteiger partial charge in [-0.05, 0) is 55.0 Å². The SMILES string of the molecule is CC(C)(C)c1cc(C(C)(C)C)cc(C2(C3(c4cc(C(C)(C)C)cc(C(C)(C)C)c4)C(=O)c4ccccc4C3=O)C(=O)c3ccccc3C2=O)c1. The van der Waals surface area contributed by atoms with Crippen LogP contribution >= 0.6 is 0 Å². The van der Waals surface area contributed by atoms with Crippen LogP contribution in [0.25, 0.3) is 0 Å². The van der Waals surface area contributed by atoms with Gasteiger partial charge in [-0.2, -0.15) is 0 Å². The fourth-order valence-electron chi connectivity index (χ4n) is 7.83. The molecule has 50 heavy (non-hydrogen) atoms. The van der Waals surface area contributed by atoms with E-state index in [1.807, 2.05) is 24.3 Å². The summed E-state index contributed by atoms with van der Waals surface area (Å²) in [5.74, 6) is -2.07. The summed E-state index contributed by atoms with van der Waals surface area (Å²) >= 11 is 0. The van der Waals surface area contributed by atoms with Crippen LogP contribution in [0.1, 0.15) is 158 Å². The molecule has 2 aliphatic carbocycles. The van der Waals surface area contributed by atoms with Gasteiger partial charge in [0.05, 0.1) is 0 Å². The highest BCUT2D eigenvalue weighted by molar-refractivity contribution is 6.45. The molecule has 0 spiro atoms. The summed E-state index contributed by atoms with van der Waals surface area (Å²) in [5, 5.41) is 0. The van der Waals surface area contributed by atoms with Gasteiger partial charge in [-0.3, -0.25) is 19.2 Å². The van der Waals surface area contributed by atoms with E-state index in [0.717, 1.165) is 22.3 Å². The third-order valence-corrected chi connectivity index (χ3v) is 11.0. The summed E-state index contributed by atoms with van der Waals surface area (Å²) in [7, 11) is 0. The minimum Gasteiger partial charge on any atom is -0.293 e. The third-order valence-electron chi connectivity index (χ3n) is 11.0. The molecule has 6 rings (SSSR count). The van der Waals surface area contributed by atoms with E-state index in [-0.39, 0.29) is 43.9 Å². The second kappa shape index (κ2) is 11.0. The van der Waals surface area contributed by atoms with E-state index in [4.69, 9.17) is 0 Å². The predicted molar refractivity (Wildman–Crippen MR) is 201 cm³/mol. The standard InChI is InChI=1S/C46H50O4/c1-41(2,3)27-21-28(42(4,5)6)24-31(23-27)45(37(47)33-17-13-14-18-34(33)38(45)48)46(39(49)35-19-15-16-20-36(35)40(46)50)32-25-29(43(7,8)9)22-30(26-32)44(10,11)12/h13-26H,1-12H3. The molecule has 4 aromatic carbocycles. The zero-order valence-corrected chi connectivity index (χ0v) is 31.7. The maximum atomic E-state index is 15.7. The Balaban J connectivity index is 1.91. The second-order valence-electron chi connectivity index (χ2n) is 18.5. The minimum atomic E-state index is -2.21. The second-order valence-corrected chi connectivity index (χ2v) is 18.5. The lowest BCUT2D eigenvalue weighted by molar-refractivity contribution is 0.0557. The van der Waals surface area contributed by atoms with Crippen LogP contribution in [-0.4, -0.2) is 23.1 Å². The Bertz CT molecular complexity index is 1830. The molecule has 0 radical (unpaired) electrons. The fourth-order valence-corrected chi connectivity index (χ4v) is 7.83. The van der Waals surface area contributed by atoms with Gasteiger partial charge in [0.2, 0.25) is 0 Å². The summed E-state index contributed by atoms with van der Waals surface area (Å²) in [4.78, 5) is 62.8. The molecule has 0 aliphatic heterocycles. The Morgan fingerprint density at radius 1 is 0.340 bits per heavy atom. The van der Waals surface area contributed by atoms with E-state index in [0.29, 0.717) is 11.1 Å². The lowest BCUT2D eigenvalue weighted by atomic mass is 9.51. The Kier molecular flexibility index (Phi) is 7.81. The molecule has 4 heteroatoms. The van der Waals surface area contributed by atoms with Crippen LogP contribution < -0.4 is 0 Å². The van der Waals surface area contributed by atoms with E-state index in [1.54, 1.807) is 48.5 Å². The zero-order chi connectivity index (χ0) is 37.0. The van der Waals surface area contributed by atoms with Gasteiger partial charge in [-0.25, -0.2) is 0 Å². The summed E-state index contributed by atoms with van der Waals surface area (Å²) < 4.78 is 0. The van der Waals surface area contributed by atoms with Crippen LogP contribution in [0.3, 0.4) is 0 Å². The first-order chi connectivity index (χ1) is 23.0. The van der Waals surface area contributed by atoms with Crippen molar-refractivity contribution in [2.24, 2.45) is 0 Å². The maximum Gasteiger partial charge on any atom is 0.183 e. The molecule has 0 bridgehead atoms. The molecule has 0 saturated heterocycles. The molecule has 4 nitrogen and oxygen atoms in total. The van der Waals surface area contributed by atoms with Crippen molar-refractivity contribution >= 4 is 23.1 Å². The van der Waals surface area contributed by atoms with Crippen LogP contribution in [0.5, 0.6) is 0 Å². The number of hydrogen-bond acceptors (Lipinski definition) is 4. The number of fused-ring (bicyclic) bond motifs is 2. The molecular formula is C46H50O4. The predicted octanol–water partition coefficient (Wildman–Crippen LogP) is 10.2. The van der Waals surface area contributed by atoms with Crippen molar-refractivity contribution in [3.8, 4) is 0 Å². The number of rotatable bonds is 3. The van der Waals surface area contributed by atoms with Crippen molar-refractivity contribution in [3.63, 3.8) is 0 Å². The minimum absolute atomic E-state index is 0.231. The first-order valence-corrected chi connectivity index (χ1v) is 17.7. The number of carbonyl (C=O) groups excluding carboxylic acids is 4. The molecule has 0 fully saturated rings. The number of hydrogen-bond donors (Lipinski definition) is 0. The van der Waals surface area contributed by atoms with Gasteiger partial charge in [0.15, 0.2) is 23.1 Å². The van der Waals surface area contributed by atoms with Crippen molar-refractivity contribution < 1.29 is 19.2 Å². The topological polar surface area (TPSA) is 68.3 Å². The largest absolute Gasteiger partial charge is 0.293 e. The van der Waals surface area contributed by atoms with Gasteiger partial charge < -0.3 is 0 Å². The maximum absolute atomic E-state index is 15.7. The normalized spacial score (nSPS) is 17.3. The number of ketones is 4. The van der Waals surface area contributed by atoms with Gasteiger partial charge in [0, 0.05) is 22.3 Å². The Hall–Kier alpha value is -4.44. The molecule has 0 heterocycles. The smallest absolute Gasteiger partial charge is 0.183 e. The highest BCUT2D eigenvalue weighted by atomic mass is 16.2. The molecular weight excluding hydrogens is 617 g/mol. The Morgan fingerprint density at radius 2 is 0.540 bits per heavy atom. The highest BCUT2D eigenvalue weighted by Gasteiger charge is 2.75. The lowest BCUT2D eigenvalue weighted by Gasteiger charge is -2.44. The molecule has 2 aliphatic rings. The summed E-state index contributed by atoms with van der Waals surface area (Å²) in [6.07, 6.45) is 0. The van der Waals surface area contributed by atoms with Gasteiger partial charge in [-0.1, -0.05) is 168 Å².